The molecule has 2 heterocycles. The number of methoxy groups -OCH3 is 2. The van der Waals surface area contributed by atoms with E-state index in [9.17, 15) is 9.59 Å². The summed E-state index contributed by atoms with van der Waals surface area (Å²) in [7, 11) is 3.21. The Morgan fingerprint density at radius 2 is 1.74 bits per heavy atom. The van der Waals surface area contributed by atoms with E-state index in [1.54, 1.807) is 26.2 Å². The van der Waals surface area contributed by atoms with Crippen LogP contribution in [0.3, 0.4) is 0 Å². The zero-order chi connectivity index (χ0) is 27.1. The van der Waals surface area contributed by atoms with Gasteiger partial charge in [-0.1, -0.05) is 18.6 Å². The van der Waals surface area contributed by atoms with Gasteiger partial charge in [0.25, 0.3) is 5.91 Å². The largest absolute Gasteiger partial charge is 0.497 e. The molecule has 1 fully saturated rings. The molecule has 1 saturated heterocycles. The lowest BCUT2D eigenvalue weighted by Gasteiger charge is -2.34. The summed E-state index contributed by atoms with van der Waals surface area (Å²) >= 11 is 0. The van der Waals surface area contributed by atoms with Crippen molar-refractivity contribution in [1.29, 1.82) is 0 Å². The Bertz CT molecular complexity index is 1150. The minimum Gasteiger partial charge on any atom is -0.497 e. The highest BCUT2D eigenvalue weighted by Crippen LogP contribution is 2.37. The Morgan fingerprint density at radius 1 is 0.974 bits per heavy atom. The number of likely N-dealkylation sites (tertiary alicyclic amines) is 1. The van der Waals surface area contributed by atoms with Crippen molar-refractivity contribution in [2.24, 2.45) is 5.10 Å². The lowest BCUT2D eigenvalue weighted by molar-refractivity contribution is -0.152. The van der Waals surface area contributed by atoms with Crippen LogP contribution in [0.2, 0.25) is 0 Å². The van der Waals surface area contributed by atoms with Crippen molar-refractivity contribution < 1.29 is 28.5 Å². The fraction of sp³-hybridized carbons (Fsp3) is 0.483. The summed E-state index contributed by atoms with van der Waals surface area (Å²) in [6, 6.07) is 12.6. The van der Waals surface area contributed by atoms with Crippen LogP contribution in [0.5, 0.6) is 17.2 Å². The zero-order valence-electron chi connectivity index (χ0n) is 22.6. The average molecular weight is 524 g/mol. The summed E-state index contributed by atoms with van der Waals surface area (Å²) in [6.07, 6.45) is 3.07. The van der Waals surface area contributed by atoms with E-state index in [4.69, 9.17) is 24.0 Å². The van der Waals surface area contributed by atoms with Crippen LogP contribution in [-0.2, 0) is 14.3 Å². The van der Waals surface area contributed by atoms with Crippen molar-refractivity contribution in [1.82, 2.24) is 9.91 Å². The molecule has 0 radical (unpaired) electrons. The highest BCUT2D eigenvalue weighted by atomic mass is 16.5. The predicted molar refractivity (Wildman–Crippen MR) is 144 cm³/mol. The summed E-state index contributed by atoms with van der Waals surface area (Å²) in [5.74, 6) is 1.64. The minimum absolute atomic E-state index is 0.0908. The molecule has 0 unspecified atom stereocenters. The number of hydrazone groups is 1. The molecule has 38 heavy (non-hydrogen) atoms. The smallest absolute Gasteiger partial charge is 0.323 e. The summed E-state index contributed by atoms with van der Waals surface area (Å²) in [5.41, 5.74) is 2.51. The number of piperidine rings is 1. The maximum absolute atomic E-state index is 13.8. The summed E-state index contributed by atoms with van der Waals surface area (Å²) in [6.45, 7) is 5.40. The fourth-order valence-corrected chi connectivity index (χ4v) is 5.08. The first-order valence-corrected chi connectivity index (χ1v) is 13.2. The number of hydrogen-bond acceptors (Lipinski definition) is 8. The second-order valence-corrected chi connectivity index (χ2v) is 9.31. The Hall–Kier alpha value is -3.59. The molecule has 2 aromatic rings. The van der Waals surface area contributed by atoms with E-state index < -0.39 is 6.04 Å². The van der Waals surface area contributed by atoms with Gasteiger partial charge >= 0.3 is 5.97 Å². The third-order valence-corrected chi connectivity index (χ3v) is 6.97. The predicted octanol–water partition coefficient (Wildman–Crippen LogP) is 4.20. The van der Waals surface area contributed by atoms with Crippen LogP contribution in [0.15, 0.2) is 47.6 Å². The minimum atomic E-state index is -0.413. The number of benzene rings is 2. The molecule has 9 heteroatoms. The van der Waals surface area contributed by atoms with E-state index in [2.05, 4.69) is 0 Å². The molecule has 1 amide bonds. The Morgan fingerprint density at radius 3 is 2.42 bits per heavy atom. The van der Waals surface area contributed by atoms with Crippen molar-refractivity contribution in [3.8, 4) is 17.2 Å². The molecule has 9 nitrogen and oxygen atoms in total. The molecule has 0 bridgehead atoms. The van der Waals surface area contributed by atoms with Crippen LogP contribution in [0.4, 0.5) is 0 Å². The number of rotatable bonds is 10. The monoisotopic (exact) mass is 523 g/mol. The van der Waals surface area contributed by atoms with Crippen LogP contribution in [0, 0.1) is 0 Å². The topological polar surface area (TPSA) is 89.9 Å². The lowest BCUT2D eigenvalue weighted by atomic mass is 9.97. The molecule has 0 N–H and O–H groups in total. The van der Waals surface area contributed by atoms with E-state index in [0.717, 1.165) is 35.4 Å². The molecule has 2 atom stereocenters. The second-order valence-electron chi connectivity index (χ2n) is 9.31. The number of esters is 1. The maximum atomic E-state index is 13.8. The van der Waals surface area contributed by atoms with Crippen LogP contribution in [-0.4, -0.2) is 74.1 Å². The lowest BCUT2D eigenvalue weighted by Crippen LogP contribution is -2.49. The third-order valence-electron chi connectivity index (χ3n) is 6.97. The second kappa shape index (κ2) is 12.8. The summed E-state index contributed by atoms with van der Waals surface area (Å²) in [5, 5.41) is 6.38. The van der Waals surface area contributed by atoms with Gasteiger partial charge in [-0.05, 0) is 63.1 Å². The fourth-order valence-electron chi connectivity index (χ4n) is 5.08. The van der Waals surface area contributed by atoms with Crippen molar-refractivity contribution in [3.05, 3.63) is 53.6 Å². The van der Waals surface area contributed by atoms with Crippen LogP contribution in [0.1, 0.15) is 56.7 Å². The van der Waals surface area contributed by atoms with Crippen molar-refractivity contribution in [3.63, 3.8) is 0 Å². The maximum Gasteiger partial charge on any atom is 0.323 e. The van der Waals surface area contributed by atoms with Crippen LogP contribution < -0.4 is 14.2 Å². The Labute approximate surface area is 224 Å². The molecule has 2 aromatic carbocycles. The van der Waals surface area contributed by atoms with Gasteiger partial charge in [0.15, 0.2) is 0 Å². The number of carbonyl (C=O) groups excluding carboxylic acids is 2. The first kappa shape index (κ1) is 27.4. The molecule has 0 aliphatic carbocycles. The van der Waals surface area contributed by atoms with Crippen molar-refractivity contribution in [2.75, 3.05) is 40.5 Å². The summed E-state index contributed by atoms with van der Waals surface area (Å²) < 4.78 is 21.9. The van der Waals surface area contributed by atoms with E-state index in [-0.39, 0.29) is 24.5 Å². The number of hydrogen-bond donors (Lipinski definition) is 0. The van der Waals surface area contributed by atoms with Gasteiger partial charge in [-0.2, -0.15) is 5.10 Å². The molecular weight excluding hydrogens is 486 g/mol. The molecule has 0 aromatic heterocycles. The van der Waals surface area contributed by atoms with Crippen molar-refractivity contribution >= 4 is 17.6 Å². The standard InChI is InChI=1S/C29H37N3O6/c1-5-37-21-12-10-20(11-13-21)26-18-24(23-15-14-22(35-3)17-27(23)36-4)30-32(26)28(33)19-31-16-8-7-9-25(31)29(34)38-6-2/h10-15,17,25-26H,5-9,16,18-19H2,1-4H3/t25-,26-/m1/s1. The van der Waals surface area contributed by atoms with E-state index >= 15 is 0 Å². The zero-order valence-corrected chi connectivity index (χ0v) is 22.6. The highest BCUT2D eigenvalue weighted by Gasteiger charge is 2.37. The molecule has 0 spiro atoms. The van der Waals surface area contributed by atoms with Crippen LogP contribution in [0.25, 0.3) is 0 Å². The molecule has 2 aliphatic heterocycles. The van der Waals surface area contributed by atoms with Gasteiger partial charge in [-0.25, -0.2) is 5.01 Å². The van der Waals surface area contributed by atoms with Gasteiger partial charge in [-0.3, -0.25) is 14.5 Å². The van der Waals surface area contributed by atoms with Gasteiger partial charge in [-0.15, -0.1) is 0 Å². The molecular formula is C29H37N3O6. The first-order chi connectivity index (χ1) is 18.5. The Kier molecular flexibility index (Phi) is 9.23. The van der Waals surface area contributed by atoms with Gasteiger partial charge < -0.3 is 18.9 Å². The summed E-state index contributed by atoms with van der Waals surface area (Å²) in [4.78, 5) is 28.3. The molecule has 4 rings (SSSR count). The normalized spacial score (nSPS) is 19.6. The van der Waals surface area contributed by atoms with E-state index in [1.165, 1.54) is 0 Å². The SMILES string of the molecule is CCOC(=O)[C@H]1CCCCN1CC(=O)N1N=C(c2ccc(OC)cc2OC)C[C@@H]1c1ccc(OCC)cc1. The number of carbonyl (C=O) groups is 2. The number of amides is 1. The average Bonchev–Trinajstić information content (AvgIpc) is 3.39. The number of nitrogens with zero attached hydrogens (tertiary/aromatic N) is 3. The quantitative estimate of drug-likeness (QED) is 0.431. The Balaban J connectivity index is 1.64. The first-order valence-electron chi connectivity index (χ1n) is 13.2. The van der Waals surface area contributed by atoms with Crippen LogP contribution >= 0.6 is 0 Å². The van der Waals surface area contributed by atoms with Gasteiger partial charge in [0.2, 0.25) is 0 Å². The molecule has 204 valence electrons. The van der Waals surface area contributed by atoms with Gasteiger partial charge in [0.1, 0.15) is 23.3 Å². The molecule has 2 aliphatic rings. The third kappa shape index (κ3) is 6.10. The van der Waals surface area contributed by atoms with E-state index in [0.29, 0.717) is 44.1 Å². The molecule has 0 saturated carbocycles. The van der Waals surface area contributed by atoms with Crippen molar-refractivity contribution in [2.45, 2.75) is 51.6 Å². The van der Waals surface area contributed by atoms with Gasteiger partial charge in [0.05, 0.1) is 45.7 Å². The number of ether oxygens (including phenoxy) is 4. The van der Waals surface area contributed by atoms with Gasteiger partial charge in [0, 0.05) is 18.1 Å². The highest BCUT2D eigenvalue weighted by molar-refractivity contribution is 6.05. The van der Waals surface area contributed by atoms with E-state index in [1.807, 2.05) is 54.3 Å².